The summed E-state index contributed by atoms with van der Waals surface area (Å²) in [6.07, 6.45) is 0. The molecule has 0 aliphatic heterocycles. The maximum Gasteiger partial charge on any atom is 0.0938 e. The second-order valence-corrected chi connectivity index (χ2v) is 5.17. The Morgan fingerprint density at radius 3 is 2.73 bits per heavy atom. The average Bonchev–Trinajstić information content (AvgIpc) is 2.56. The summed E-state index contributed by atoms with van der Waals surface area (Å²) in [5.41, 5.74) is 8.81. The van der Waals surface area contributed by atoms with E-state index in [0.717, 1.165) is 20.8 Å². The van der Waals surface area contributed by atoms with Crippen LogP contribution in [0.3, 0.4) is 0 Å². The topological polar surface area (TPSA) is 38.0 Å². The number of rotatable bonds is 2. The van der Waals surface area contributed by atoms with Crippen LogP contribution in [0.15, 0.2) is 34.1 Å². The molecule has 1 aromatic carbocycles. The molecule has 2 rings (SSSR count). The number of nitrogens with two attached hydrogens (primary N) is 1. The van der Waals surface area contributed by atoms with Crippen LogP contribution in [0.5, 0.6) is 0 Å². The summed E-state index contributed by atoms with van der Waals surface area (Å²) in [4.78, 5) is 0. The van der Waals surface area contributed by atoms with Gasteiger partial charge in [-0.25, -0.2) is 0 Å². The van der Waals surface area contributed by atoms with Gasteiger partial charge in [0.15, 0.2) is 0 Å². The van der Waals surface area contributed by atoms with Gasteiger partial charge in [0.1, 0.15) is 0 Å². The van der Waals surface area contributed by atoms with Crippen molar-refractivity contribution in [1.82, 2.24) is 0 Å². The molecule has 2 aromatic rings. The molecule has 0 saturated carbocycles. The smallest absolute Gasteiger partial charge is 0.0938 e. The highest BCUT2D eigenvalue weighted by Crippen LogP contribution is 2.30. The minimum absolute atomic E-state index is 0.777. The van der Waals surface area contributed by atoms with Gasteiger partial charge in [-0.15, -0.1) is 11.3 Å². The quantitative estimate of drug-likeness (QED) is 0.813. The summed E-state index contributed by atoms with van der Waals surface area (Å²) >= 11 is 5.06. The number of benzene rings is 1. The molecule has 0 fully saturated rings. The lowest BCUT2D eigenvalue weighted by Gasteiger charge is -2.07. The minimum atomic E-state index is 0.777. The average molecular weight is 283 g/mol. The number of nitrogen functional groups attached to an aromatic ring is 1. The molecule has 0 spiro atoms. The zero-order valence-corrected chi connectivity index (χ0v) is 10.7. The van der Waals surface area contributed by atoms with E-state index in [2.05, 4.69) is 21.2 Å². The number of aryl methyl sites for hydroxylation is 1. The number of anilines is 3. The Kier molecular flexibility index (Phi) is 2.98. The van der Waals surface area contributed by atoms with E-state index in [0.29, 0.717) is 0 Å². The third kappa shape index (κ3) is 2.52. The fourth-order valence-corrected chi connectivity index (χ4v) is 2.64. The summed E-state index contributed by atoms with van der Waals surface area (Å²) < 4.78 is 1.08. The zero-order valence-electron chi connectivity index (χ0n) is 8.25. The summed E-state index contributed by atoms with van der Waals surface area (Å²) in [6.45, 7) is 2.03. The van der Waals surface area contributed by atoms with E-state index >= 15 is 0 Å². The Balaban J connectivity index is 2.24. The van der Waals surface area contributed by atoms with Gasteiger partial charge in [0.25, 0.3) is 0 Å². The summed E-state index contributed by atoms with van der Waals surface area (Å²) in [6, 6.07) is 8.04. The predicted molar refractivity (Wildman–Crippen MR) is 70.9 cm³/mol. The molecule has 0 atom stereocenters. The highest BCUT2D eigenvalue weighted by atomic mass is 79.9. The van der Waals surface area contributed by atoms with Crippen molar-refractivity contribution in [2.45, 2.75) is 6.92 Å². The Hall–Kier alpha value is -1.000. The van der Waals surface area contributed by atoms with Crippen molar-refractivity contribution in [3.05, 3.63) is 39.7 Å². The molecule has 0 amide bonds. The van der Waals surface area contributed by atoms with Crippen LogP contribution in [0.1, 0.15) is 5.56 Å². The van der Waals surface area contributed by atoms with Crippen molar-refractivity contribution in [2.75, 3.05) is 11.1 Å². The predicted octanol–water partition coefficient (Wildman–Crippen LogP) is 4.14. The summed E-state index contributed by atoms with van der Waals surface area (Å²) in [5, 5.41) is 6.40. The number of nitrogens with one attached hydrogen (secondary N) is 1. The molecule has 0 aliphatic rings. The summed E-state index contributed by atoms with van der Waals surface area (Å²) in [5.74, 6) is 0. The second-order valence-electron chi connectivity index (χ2n) is 3.34. The van der Waals surface area contributed by atoms with Gasteiger partial charge in [0.05, 0.1) is 16.4 Å². The van der Waals surface area contributed by atoms with Gasteiger partial charge in [0.2, 0.25) is 0 Å². The van der Waals surface area contributed by atoms with Gasteiger partial charge >= 0.3 is 0 Å². The van der Waals surface area contributed by atoms with Crippen molar-refractivity contribution in [3.63, 3.8) is 0 Å². The molecule has 4 heteroatoms. The van der Waals surface area contributed by atoms with Crippen LogP contribution in [0, 0.1) is 6.92 Å². The number of halogens is 1. The first-order valence-corrected chi connectivity index (χ1v) is 6.19. The summed E-state index contributed by atoms with van der Waals surface area (Å²) in [7, 11) is 0. The Morgan fingerprint density at radius 2 is 2.13 bits per heavy atom. The number of thiophene rings is 1. The molecule has 0 radical (unpaired) electrons. The van der Waals surface area contributed by atoms with Gasteiger partial charge in [-0.3, -0.25) is 0 Å². The Bertz CT molecular complexity index is 479. The second kappa shape index (κ2) is 4.24. The molecule has 1 heterocycles. The largest absolute Gasteiger partial charge is 0.397 e. The molecule has 1 aromatic heterocycles. The normalized spacial score (nSPS) is 10.3. The molecule has 0 saturated heterocycles. The number of hydrogen-bond acceptors (Lipinski definition) is 3. The maximum atomic E-state index is 5.91. The molecule has 2 nitrogen and oxygen atoms in total. The van der Waals surface area contributed by atoms with Crippen molar-refractivity contribution in [1.29, 1.82) is 0 Å². The molecule has 0 unspecified atom stereocenters. The lowest BCUT2D eigenvalue weighted by Crippen LogP contribution is -1.94. The van der Waals surface area contributed by atoms with Crippen molar-refractivity contribution >= 4 is 43.6 Å². The third-order valence-corrected chi connectivity index (χ3v) is 3.64. The first kappa shape index (κ1) is 10.5. The van der Waals surface area contributed by atoms with E-state index in [4.69, 9.17) is 5.73 Å². The Labute approximate surface area is 101 Å². The van der Waals surface area contributed by atoms with Gasteiger partial charge in [0, 0.05) is 9.85 Å². The van der Waals surface area contributed by atoms with E-state index in [9.17, 15) is 0 Å². The van der Waals surface area contributed by atoms with Crippen molar-refractivity contribution in [3.8, 4) is 0 Å². The first-order valence-electron chi connectivity index (χ1n) is 4.52. The van der Waals surface area contributed by atoms with Gasteiger partial charge < -0.3 is 11.1 Å². The third-order valence-electron chi connectivity index (χ3n) is 2.03. The lowest BCUT2D eigenvalue weighted by molar-refractivity contribution is 1.46. The van der Waals surface area contributed by atoms with Crippen LogP contribution in [0.25, 0.3) is 0 Å². The van der Waals surface area contributed by atoms with Gasteiger partial charge in [-0.1, -0.05) is 6.07 Å². The van der Waals surface area contributed by atoms with Crippen LogP contribution in [0.2, 0.25) is 0 Å². The molecular formula is C11H11BrN2S. The SMILES string of the molecule is Cc1ccc(Nc2cc(Br)cs2)c(N)c1. The molecular weight excluding hydrogens is 272 g/mol. The van der Waals surface area contributed by atoms with E-state index in [1.807, 2.05) is 36.6 Å². The Morgan fingerprint density at radius 1 is 1.33 bits per heavy atom. The van der Waals surface area contributed by atoms with E-state index in [1.54, 1.807) is 11.3 Å². The van der Waals surface area contributed by atoms with Crippen LogP contribution in [-0.4, -0.2) is 0 Å². The first-order chi connectivity index (χ1) is 7.15. The standard InChI is InChI=1S/C11H11BrN2S/c1-7-2-3-10(9(13)4-7)14-11-5-8(12)6-15-11/h2-6,14H,13H2,1H3. The molecule has 0 aliphatic carbocycles. The lowest BCUT2D eigenvalue weighted by atomic mass is 10.2. The monoisotopic (exact) mass is 282 g/mol. The highest BCUT2D eigenvalue weighted by Gasteiger charge is 2.01. The van der Waals surface area contributed by atoms with Crippen LogP contribution >= 0.6 is 27.3 Å². The van der Waals surface area contributed by atoms with E-state index < -0.39 is 0 Å². The molecule has 0 bridgehead atoms. The fraction of sp³-hybridized carbons (Fsp3) is 0.0909. The van der Waals surface area contributed by atoms with Crippen LogP contribution in [-0.2, 0) is 0 Å². The molecule has 3 N–H and O–H groups in total. The van der Waals surface area contributed by atoms with Gasteiger partial charge in [-0.2, -0.15) is 0 Å². The van der Waals surface area contributed by atoms with Gasteiger partial charge in [-0.05, 0) is 46.6 Å². The van der Waals surface area contributed by atoms with Crippen LogP contribution in [0.4, 0.5) is 16.4 Å². The zero-order chi connectivity index (χ0) is 10.8. The highest BCUT2D eigenvalue weighted by molar-refractivity contribution is 9.10. The van der Waals surface area contributed by atoms with Crippen molar-refractivity contribution < 1.29 is 0 Å². The maximum absolute atomic E-state index is 5.91. The molecule has 15 heavy (non-hydrogen) atoms. The molecule has 78 valence electrons. The van der Waals surface area contributed by atoms with Crippen LogP contribution < -0.4 is 11.1 Å². The number of hydrogen-bond donors (Lipinski definition) is 2. The van der Waals surface area contributed by atoms with E-state index in [1.165, 1.54) is 5.56 Å². The van der Waals surface area contributed by atoms with E-state index in [-0.39, 0.29) is 0 Å². The minimum Gasteiger partial charge on any atom is -0.397 e. The van der Waals surface area contributed by atoms with Crippen molar-refractivity contribution in [2.24, 2.45) is 0 Å². The fourth-order valence-electron chi connectivity index (χ4n) is 1.31.